The zero-order valence-electron chi connectivity index (χ0n) is 19.8. The second kappa shape index (κ2) is 10.1. The van der Waals surface area contributed by atoms with Crippen molar-refractivity contribution in [2.24, 2.45) is 0 Å². The maximum absolute atomic E-state index is 14.3. The molecule has 10 heteroatoms. The molecule has 0 aliphatic carbocycles. The zero-order chi connectivity index (χ0) is 25.3. The van der Waals surface area contributed by atoms with Crippen LogP contribution in [-0.4, -0.2) is 59.4 Å². The van der Waals surface area contributed by atoms with Crippen LogP contribution in [0.3, 0.4) is 0 Å². The third-order valence-electron chi connectivity index (χ3n) is 7.34. The molecule has 2 aliphatic heterocycles. The van der Waals surface area contributed by atoms with Gasteiger partial charge in [0, 0.05) is 50.4 Å². The summed E-state index contributed by atoms with van der Waals surface area (Å²) in [5, 5.41) is 11.4. The van der Waals surface area contributed by atoms with Crippen LogP contribution in [0.15, 0.2) is 54.2 Å². The number of thiophene rings is 1. The number of carbonyl (C=O) groups is 2. The van der Waals surface area contributed by atoms with Crippen molar-refractivity contribution in [2.75, 3.05) is 31.6 Å². The first kappa shape index (κ1) is 24.5. The summed E-state index contributed by atoms with van der Waals surface area (Å²) in [7, 11) is 2.00. The third-order valence-corrected chi connectivity index (χ3v) is 8.67. The first-order valence-electron chi connectivity index (χ1n) is 11.8. The molecule has 0 saturated carbocycles. The van der Waals surface area contributed by atoms with Gasteiger partial charge in [0.05, 0.1) is 30.3 Å². The van der Waals surface area contributed by atoms with Gasteiger partial charge >= 0.3 is 12.1 Å². The Balaban J connectivity index is 1.52. The van der Waals surface area contributed by atoms with Crippen molar-refractivity contribution >= 4 is 40.7 Å². The van der Waals surface area contributed by atoms with Crippen LogP contribution in [0.5, 0.6) is 11.5 Å². The summed E-state index contributed by atoms with van der Waals surface area (Å²) in [5.74, 6) is 0.824. The van der Waals surface area contributed by atoms with Crippen LogP contribution in [0.2, 0.25) is 5.02 Å². The minimum Gasteiger partial charge on any atom is -0.493 e. The number of benzene rings is 1. The number of amides is 1. The quantitative estimate of drug-likeness (QED) is 0.260. The van der Waals surface area contributed by atoms with E-state index in [1.807, 2.05) is 24.6 Å². The molecule has 4 heterocycles. The van der Waals surface area contributed by atoms with Crippen molar-refractivity contribution < 1.29 is 28.7 Å². The molecule has 2 aliphatic rings. The van der Waals surface area contributed by atoms with E-state index in [-0.39, 0.29) is 28.2 Å². The number of anilines is 1. The van der Waals surface area contributed by atoms with E-state index in [1.54, 1.807) is 36.7 Å². The van der Waals surface area contributed by atoms with Crippen LogP contribution < -0.4 is 14.4 Å². The Morgan fingerprint density at radius 3 is 2.58 bits per heavy atom. The van der Waals surface area contributed by atoms with Gasteiger partial charge in [-0.2, -0.15) is 0 Å². The highest BCUT2D eigenvalue weighted by Gasteiger charge is 2.51. The molecule has 2 aromatic heterocycles. The lowest BCUT2D eigenvalue weighted by Gasteiger charge is -2.49. The predicted octanol–water partition coefficient (Wildman–Crippen LogP) is 5.63. The molecule has 36 heavy (non-hydrogen) atoms. The maximum atomic E-state index is 14.3. The molecule has 1 amide bonds. The van der Waals surface area contributed by atoms with Crippen molar-refractivity contribution in [3.63, 3.8) is 0 Å². The Morgan fingerprint density at radius 2 is 1.92 bits per heavy atom. The first-order chi connectivity index (χ1) is 17.4. The van der Waals surface area contributed by atoms with Gasteiger partial charge in [0.25, 0.3) is 0 Å². The molecule has 188 valence electrons. The summed E-state index contributed by atoms with van der Waals surface area (Å²) in [6.45, 7) is 2.09. The average molecular weight is 529 g/mol. The topological polar surface area (TPSA) is 89.0 Å². The summed E-state index contributed by atoms with van der Waals surface area (Å²) in [6.07, 6.45) is 4.43. The fourth-order valence-electron chi connectivity index (χ4n) is 5.52. The molecule has 0 spiro atoms. The number of fused-ring (bicyclic) bond motifs is 1. The van der Waals surface area contributed by atoms with E-state index in [0.717, 1.165) is 37.2 Å². The van der Waals surface area contributed by atoms with Gasteiger partial charge in [-0.1, -0.05) is 11.6 Å². The van der Waals surface area contributed by atoms with E-state index >= 15 is 0 Å². The SMILES string of the molecule is C[N+](C(=O)c1sccc1Cl)(C1CCN(c2ccncc2)CC1)C1CCOc2ccc(OC(=O)O)cc21. The first-order valence-corrected chi connectivity index (χ1v) is 13.1. The highest BCUT2D eigenvalue weighted by atomic mass is 35.5. The minimum absolute atomic E-state index is 0.0280. The summed E-state index contributed by atoms with van der Waals surface area (Å²) < 4.78 is 11.0. The molecule has 0 bridgehead atoms. The van der Waals surface area contributed by atoms with E-state index < -0.39 is 6.16 Å². The molecule has 3 aromatic rings. The fraction of sp³-hybridized carbons (Fsp3) is 0.346. The largest absolute Gasteiger partial charge is 0.511 e. The number of quaternary nitrogens is 1. The van der Waals surface area contributed by atoms with E-state index in [4.69, 9.17) is 26.2 Å². The lowest BCUT2D eigenvalue weighted by atomic mass is 9.90. The van der Waals surface area contributed by atoms with Crippen LogP contribution in [0.25, 0.3) is 0 Å². The summed E-state index contributed by atoms with van der Waals surface area (Å²) in [4.78, 5) is 32.4. The van der Waals surface area contributed by atoms with Gasteiger partial charge in [-0.25, -0.2) is 14.1 Å². The van der Waals surface area contributed by atoms with Crippen LogP contribution in [-0.2, 0) is 0 Å². The second-order valence-electron chi connectivity index (χ2n) is 9.19. The Morgan fingerprint density at radius 1 is 1.17 bits per heavy atom. The van der Waals surface area contributed by atoms with Crippen molar-refractivity contribution in [3.8, 4) is 11.5 Å². The van der Waals surface area contributed by atoms with Crippen LogP contribution in [0, 0.1) is 0 Å². The Kier molecular flexibility index (Phi) is 6.87. The van der Waals surface area contributed by atoms with Crippen LogP contribution in [0.4, 0.5) is 10.5 Å². The molecular weight excluding hydrogens is 502 g/mol. The van der Waals surface area contributed by atoms with Crippen LogP contribution in [0.1, 0.15) is 40.5 Å². The van der Waals surface area contributed by atoms with Crippen molar-refractivity contribution in [2.45, 2.75) is 31.3 Å². The smallest absolute Gasteiger partial charge is 0.493 e. The summed E-state index contributed by atoms with van der Waals surface area (Å²) in [6, 6.07) is 10.5. The number of pyridine rings is 1. The fourth-order valence-corrected chi connectivity index (χ4v) is 6.69. The molecule has 1 N–H and O–H groups in total. The standard InChI is InChI=1S/C26H26ClN3O5S/c1-30(25(31)24-21(27)9-15-36-24,18-6-12-29(13-7-18)17-4-10-28-11-5-17)22-8-14-34-23-3-2-19(16-20(22)23)35-26(32)33/h2-5,9-11,15-16,18,22H,6-8,12-14H2,1H3/p+1. The second-order valence-corrected chi connectivity index (χ2v) is 10.5. The third kappa shape index (κ3) is 4.54. The number of nitrogens with zero attached hydrogens (tertiary/aromatic N) is 3. The Bertz CT molecular complexity index is 1260. The highest BCUT2D eigenvalue weighted by molar-refractivity contribution is 7.12. The Labute approximate surface area is 218 Å². The van der Waals surface area contributed by atoms with Gasteiger partial charge < -0.3 is 19.5 Å². The van der Waals surface area contributed by atoms with Gasteiger partial charge in [-0.05, 0) is 41.8 Å². The van der Waals surface area contributed by atoms with E-state index in [1.165, 1.54) is 11.3 Å². The van der Waals surface area contributed by atoms with E-state index in [9.17, 15) is 9.59 Å². The molecule has 2 unspecified atom stereocenters. The van der Waals surface area contributed by atoms with Gasteiger partial charge in [-0.15, -0.1) is 11.3 Å². The molecule has 1 aromatic carbocycles. The van der Waals surface area contributed by atoms with E-state index in [0.29, 0.717) is 28.7 Å². The van der Waals surface area contributed by atoms with Gasteiger partial charge in [0.15, 0.2) is 4.88 Å². The number of carboxylic acid groups (broad SMARTS) is 1. The minimum atomic E-state index is -1.38. The number of hydrogen-bond donors (Lipinski definition) is 1. The lowest BCUT2D eigenvalue weighted by Crippen LogP contribution is -2.61. The number of rotatable bonds is 5. The predicted molar refractivity (Wildman–Crippen MR) is 137 cm³/mol. The molecule has 0 radical (unpaired) electrons. The number of carbonyl (C=O) groups excluding carboxylic acids is 1. The lowest BCUT2D eigenvalue weighted by molar-refractivity contribution is -0.888. The molecule has 1 saturated heterocycles. The summed E-state index contributed by atoms with van der Waals surface area (Å²) in [5.41, 5.74) is 1.90. The maximum Gasteiger partial charge on any atom is 0.511 e. The van der Waals surface area contributed by atoms with Crippen molar-refractivity contribution in [1.29, 1.82) is 0 Å². The van der Waals surface area contributed by atoms with Crippen molar-refractivity contribution in [1.82, 2.24) is 4.98 Å². The average Bonchev–Trinajstić information content (AvgIpc) is 3.33. The molecular formula is C26H27ClN3O5S+. The van der Waals surface area contributed by atoms with Gasteiger partial charge in [0.2, 0.25) is 0 Å². The van der Waals surface area contributed by atoms with Gasteiger partial charge in [-0.3, -0.25) is 4.98 Å². The zero-order valence-corrected chi connectivity index (χ0v) is 21.4. The Hall–Kier alpha value is -3.14. The number of ether oxygens (including phenoxy) is 2. The molecule has 8 nitrogen and oxygen atoms in total. The normalized spacial score (nSPS) is 19.6. The number of piperidine rings is 1. The number of halogens is 1. The molecule has 1 fully saturated rings. The van der Waals surface area contributed by atoms with Gasteiger partial charge in [0.1, 0.15) is 17.5 Å². The monoisotopic (exact) mass is 528 g/mol. The van der Waals surface area contributed by atoms with E-state index in [2.05, 4.69) is 9.88 Å². The van der Waals surface area contributed by atoms with Crippen LogP contribution >= 0.6 is 22.9 Å². The number of aromatic nitrogens is 1. The van der Waals surface area contributed by atoms with Crippen molar-refractivity contribution in [3.05, 3.63) is 69.6 Å². The highest BCUT2D eigenvalue weighted by Crippen LogP contribution is 2.46. The summed E-state index contributed by atoms with van der Waals surface area (Å²) >= 11 is 7.81. The molecule has 2 atom stereocenters. The number of hydrogen-bond acceptors (Lipinski definition) is 7. The molecule has 5 rings (SSSR count).